The number of ether oxygens (including phenoxy) is 1. The van der Waals surface area contributed by atoms with Gasteiger partial charge >= 0.3 is 11.7 Å². The van der Waals surface area contributed by atoms with Crippen molar-refractivity contribution >= 4 is 22.8 Å². The zero-order chi connectivity index (χ0) is 13.8. The minimum atomic E-state index is -0.377. The highest BCUT2D eigenvalue weighted by Gasteiger charge is 2.06. The summed E-state index contributed by atoms with van der Waals surface area (Å²) in [5, 5.41) is 3.19. The largest absolute Gasteiger partial charge is 0.469 e. The topological polar surface area (TPSA) is 73.5 Å². The predicted octanol–water partition coefficient (Wildman–Crippen LogP) is 1.50. The molecule has 0 unspecified atom stereocenters. The number of fused-ring (bicyclic) bond motifs is 1. The third-order valence-corrected chi connectivity index (χ3v) is 2.91. The van der Waals surface area contributed by atoms with E-state index in [1.54, 1.807) is 13.1 Å². The van der Waals surface area contributed by atoms with Crippen LogP contribution >= 0.6 is 0 Å². The Bertz CT molecular complexity index is 642. The maximum Gasteiger partial charge on any atom is 0.419 e. The molecular formula is C13H16N2O4. The van der Waals surface area contributed by atoms with Gasteiger partial charge in [0.05, 0.1) is 12.6 Å². The first-order valence-electron chi connectivity index (χ1n) is 6.02. The lowest BCUT2D eigenvalue weighted by atomic mass is 10.2. The van der Waals surface area contributed by atoms with Gasteiger partial charge in [-0.1, -0.05) is 0 Å². The highest BCUT2D eigenvalue weighted by molar-refractivity contribution is 5.77. The van der Waals surface area contributed by atoms with E-state index in [-0.39, 0.29) is 11.7 Å². The second-order valence-corrected chi connectivity index (χ2v) is 4.22. The lowest BCUT2D eigenvalue weighted by Gasteiger charge is -2.05. The van der Waals surface area contributed by atoms with Gasteiger partial charge in [0.2, 0.25) is 0 Å². The standard InChI is InChI=1S/C13H16N2O4/c1-15-10-8-9(5-6-11(10)19-13(15)17)14-7-3-4-12(16)18-2/h5-6,8,14H,3-4,7H2,1-2H3. The van der Waals surface area contributed by atoms with Crippen LogP contribution in [0, 0.1) is 0 Å². The second kappa shape index (κ2) is 5.60. The lowest BCUT2D eigenvalue weighted by Crippen LogP contribution is -2.09. The zero-order valence-corrected chi connectivity index (χ0v) is 10.9. The number of carbonyl (C=O) groups is 1. The van der Waals surface area contributed by atoms with Crippen LogP contribution in [0.15, 0.2) is 27.4 Å². The van der Waals surface area contributed by atoms with Gasteiger partial charge in [-0.15, -0.1) is 0 Å². The smallest absolute Gasteiger partial charge is 0.419 e. The second-order valence-electron chi connectivity index (χ2n) is 4.22. The Kier molecular flexibility index (Phi) is 3.89. The van der Waals surface area contributed by atoms with Gasteiger partial charge in [-0.2, -0.15) is 0 Å². The molecule has 1 aromatic heterocycles. The fourth-order valence-electron chi connectivity index (χ4n) is 1.80. The molecule has 6 heteroatoms. The average molecular weight is 264 g/mol. The van der Waals surface area contributed by atoms with E-state index < -0.39 is 0 Å². The summed E-state index contributed by atoms with van der Waals surface area (Å²) >= 11 is 0. The quantitative estimate of drug-likeness (QED) is 0.654. The van der Waals surface area contributed by atoms with Gasteiger partial charge < -0.3 is 14.5 Å². The van der Waals surface area contributed by atoms with Crippen molar-refractivity contribution in [2.45, 2.75) is 12.8 Å². The predicted molar refractivity (Wildman–Crippen MR) is 71.2 cm³/mol. The Labute approximate surface area is 110 Å². The van der Waals surface area contributed by atoms with E-state index >= 15 is 0 Å². The molecule has 0 aliphatic heterocycles. The Morgan fingerprint density at radius 3 is 3.00 bits per heavy atom. The Balaban J connectivity index is 1.99. The molecule has 0 atom stereocenters. The maximum atomic E-state index is 11.3. The maximum absolute atomic E-state index is 11.3. The molecule has 1 aromatic carbocycles. The minimum absolute atomic E-state index is 0.213. The van der Waals surface area contributed by atoms with Crippen LogP contribution in [-0.2, 0) is 16.6 Å². The summed E-state index contributed by atoms with van der Waals surface area (Å²) in [6.45, 7) is 0.659. The van der Waals surface area contributed by atoms with Crippen molar-refractivity contribution in [2.24, 2.45) is 7.05 Å². The van der Waals surface area contributed by atoms with Crippen LogP contribution in [-0.4, -0.2) is 24.2 Å². The summed E-state index contributed by atoms with van der Waals surface area (Å²) in [5.41, 5.74) is 2.18. The minimum Gasteiger partial charge on any atom is -0.469 e. The Morgan fingerprint density at radius 1 is 1.47 bits per heavy atom. The van der Waals surface area contributed by atoms with E-state index in [0.29, 0.717) is 25.0 Å². The molecule has 19 heavy (non-hydrogen) atoms. The van der Waals surface area contributed by atoms with E-state index in [9.17, 15) is 9.59 Å². The van der Waals surface area contributed by atoms with Crippen molar-refractivity contribution in [3.05, 3.63) is 28.7 Å². The first-order chi connectivity index (χ1) is 9.11. The average Bonchev–Trinajstić information content (AvgIpc) is 2.70. The summed E-state index contributed by atoms with van der Waals surface area (Å²) in [7, 11) is 3.04. The van der Waals surface area contributed by atoms with Gasteiger partial charge in [-0.05, 0) is 24.6 Å². The number of benzene rings is 1. The van der Waals surface area contributed by atoms with Crippen LogP contribution in [0.25, 0.3) is 11.1 Å². The summed E-state index contributed by atoms with van der Waals surface area (Å²) in [6, 6.07) is 5.43. The first-order valence-corrected chi connectivity index (χ1v) is 6.02. The van der Waals surface area contributed by atoms with E-state index in [1.807, 2.05) is 12.1 Å². The molecular weight excluding hydrogens is 248 g/mol. The van der Waals surface area contributed by atoms with Crippen LogP contribution in [0.3, 0.4) is 0 Å². The van der Waals surface area contributed by atoms with E-state index in [0.717, 1.165) is 11.2 Å². The number of hydrogen-bond acceptors (Lipinski definition) is 5. The number of rotatable bonds is 5. The van der Waals surface area contributed by atoms with Gasteiger partial charge in [0.1, 0.15) is 0 Å². The number of aryl methyl sites for hydroxylation is 1. The molecule has 0 amide bonds. The van der Waals surface area contributed by atoms with Gasteiger partial charge in [0.25, 0.3) is 0 Å². The number of hydrogen-bond donors (Lipinski definition) is 1. The van der Waals surface area contributed by atoms with E-state index in [2.05, 4.69) is 10.1 Å². The number of nitrogens with zero attached hydrogens (tertiary/aromatic N) is 1. The van der Waals surface area contributed by atoms with Crippen LogP contribution < -0.4 is 11.1 Å². The normalized spacial score (nSPS) is 10.6. The fourth-order valence-corrected chi connectivity index (χ4v) is 1.80. The van der Waals surface area contributed by atoms with Crippen molar-refractivity contribution in [3.63, 3.8) is 0 Å². The molecule has 1 heterocycles. The Morgan fingerprint density at radius 2 is 2.26 bits per heavy atom. The molecule has 0 aliphatic carbocycles. The molecule has 0 spiro atoms. The summed E-state index contributed by atoms with van der Waals surface area (Å²) in [4.78, 5) is 22.3. The van der Waals surface area contributed by atoms with Crippen molar-refractivity contribution in [3.8, 4) is 0 Å². The third kappa shape index (κ3) is 2.96. The van der Waals surface area contributed by atoms with Crippen molar-refractivity contribution in [1.29, 1.82) is 0 Å². The van der Waals surface area contributed by atoms with Gasteiger partial charge in [0, 0.05) is 25.7 Å². The first kappa shape index (κ1) is 13.2. The number of esters is 1. The van der Waals surface area contributed by atoms with Crippen LogP contribution in [0.1, 0.15) is 12.8 Å². The Hall–Kier alpha value is -2.24. The molecule has 0 aliphatic rings. The lowest BCUT2D eigenvalue weighted by molar-refractivity contribution is -0.140. The zero-order valence-electron chi connectivity index (χ0n) is 10.9. The van der Waals surface area contributed by atoms with Crippen LogP contribution in [0.5, 0.6) is 0 Å². The number of carbonyl (C=O) groups excluding carboxylic acids is 1. The highest BCUT2D eigenvalue weighted by Crippen LogP contribution is 2.17. The molecule has 0 saturated carbocycles. The number of methoxy groups -OCH3 is 1. The fraction of sp³-hybridized carbons (Fsp3) is 0.385. The molecule has 0 fully saturated rings. The molecule has 0 radical (unpaired) electrons. The summed E-state index contributed by atoms with van der Waals surface area (Å²) in [6.07, 6.45) is 1.07. The van der Waals surface area contributed by atoms with E-state index in [1.165, 1.54) is 11.7 Å². The van der Waals surface area contributed by atoms with Crippen molar-refractivity contribution < 1.29 is 13.9 Å². The summed E-state index contributed by atoms with van der Waals surface area (Å²) in [5.74, 6) is -0.590. The van der Waals surface area contributed by atoms with Gasteiger partial charge in [-0.25, -0.2) is 4.79 Å². The number of anilines is 1. The number of nitrogens with one attached hydrogen (secondary N) is 1. The SMILES string of the molecule is COC(=O)CCCNc1ccc2oc(=O)n(C)c2c1. The third-order valence-electron chi connectivity index (χ3n) is 2.91. The molecule has 2 rings (SSSR count). The van der Waals surface area contributed by atoms with Gasteiger partial charge in [-0.3, -0.25) is 9.36 Å². The molecule has 102 valence electrons. The molecule has 2 aromatic rings. The van der Waals surface area contributed by atoms with Crippen molar-refractivity contribution in [1.82, 2.24) is 4.57 Å². The molecule has 0 saturated heterocycles. The van der Waals surface area contributed by atoms with Crippen LogP contribution in [0.4, 0.5) is 5.69 Å². The number of oxazole rings is 1. The molecule has 1 N–H and O–H groups in total. The highest BCUT2D eigenvalue weighted by atomic mass is 16.5. The monoisotopic (exact) mass is 264 g/mol. The van der Waals surface area contributed by atoms with E-state index in [4.69, 9.17) is 4.42 Å². The van der Waals surface area contributed by atoms with Gasteiger partial charge in [0.15, 0.2) is 5.58 Å². The van der Waals surface area contributed by atoms with Crippen molar-refractivity contribution in [2.75, 3.05) is 19.0 Å². The molecule has 6 nitrogen and oxygen atoms in total. The van der Waals surface area contributed by atoms with Crippen LogP contribution in [0.2, 0.25) is 0 Å². The number of aromatic nitrogens is 1. The molecule has 0 bridgehead atoms. The summed E-state index contributed by atoms with van der Waals surface area (Å²) < 4.78 is 11.1.